The highest BCUT2D eigenvalue weighted by Crippen LogP contribution is 2.40. The number of aliphatic imine (C=N–C) groups is 1. The van der Waals surface area contributed by atoms with Gasteiger partial charge in [-0.3, -0.25) is 15.1 Å². The number of fused-ring (bicyclic) bond motifs is 1. The Balaban J connectivity index is 1.31. The minimum Gasteiger partial charge on any atom is -0.493 e. The van der Waals surface area contributed by atoms with Gasteiger partial charge in [-0.05, 0) is 55.3 Å². The monoisotopic (exact) mass is 573 g/mol. The van der Waals surface area contributed by atoms with Crippen molar-refractivity contribution >= 4 is 52.0 Å². The zero-order chi connectivity index (χ0) is 28.1. The Labute approximate surface area is 242 Å². The van der Waals surface area contributed by atoms with Gasteiger partial charge in [-0.25, -0.2) is 0 Å². The van der Waals surface area contributed by atoms with Crippen molar-refractivity contribution in [1.82, 2.24) is 4.90 Å². The molecule has 0 aliphatic carbocycles. The van der Waals surface area contributed by atoms with E-state index in [9.17, 15) is 4.79 Å². The lowest BCUT2D eigenvalue weighted by Crippen LogP contribution is -2.38. The van der Waals surface area contributed by atoms with Crippen LogP contribution in [0.3, 0.4) is 0 Å². The summed E-state index contributed by atoms with van der Waals surface area (Å²) >= 11 is 7.95. The topological polar surface area (TPSA) is 84.2 Å². The maximum Gasteiger partial charge on any atom is 0.283 e. The van der Waals surface area contributed by atoms with E-state index in [1.165, 1.54) is 17.3 Å². The first-order chi connectivity index (χ1) is 19.4. The smallest absolute Gasteiger partial charge is 0.283 e. The lowest BCUT2D eigenvalue weighted by Gasteiger charge is -2.27. The van der Waals surface area contributed by atoms with Crippen LogP contribution in [0.15, 0.2) is 82.7 Å². The summed E-state index contributed by atoms with van der Waals surface area (Å²) in [5.41, 5.74) is 3.68. The SMILES string of the molecule is CCOc1cc(/C=C2/C(=N)N3C(c4ccccc4)=CSC3=NC2=O)cc(Cl)c1OCCCOc1ccc(C)cc1. The highest BCUT2D eigenvalue weighted by atomic mass is 35.5. The van der Waals surface area contributed by atoms with Crippen LogP contribution in [0.4, 0.5) is 0 Å². The second-order valence-corrected chi connectivity index (χ2v) is 10.3. The molecule has 0 unspecified atom stereocenters. The predicted molar refractivity (Wildman–Crippen MR) is 161 cm³/mol. The first-order valence-electron chi connectivity index (χ1n) is 12.9. The molecule has 5 rings (SSSR count). The maximum atomic E-state index is 12.9. The van der Waals surface area contributed by atoms with Crippen LogP contribution in [-0.2, 0) is 4.79 Å². The third kappa shape index (κ3) is 6.08. The van der Waals surface area contributed by atoms with Crippen LogP contribution in [0.2, 0.25) is 5.02 Å². The number of halogens is 1. The normalized spacial score (nSPS) is 15.6. The Kier molecular flexibility index (Phi) is 8.57. The Morgan fingerprint density at radius 3 is 2.52 bits per heavy atom. The molecule has 0 fully saturated rings. The van der Waals surface area contributed by atoms with Crippen LogP contribution >= 0.6 is 23.4 Å². The number of nitrogens with one attached hydrogen (secondary N) is 1. The highest BCUT2D eigenvalue weighted by Gasteiger charge is 2.36. The number of hydrogen-bond donors (Lipinski definition) is 1. The number of benzene rings is 3. The molecule has 1 amide bonds. The van der Waals surface area contributed by atoms with Crippen LogP contribution in [0.25, 0.3) is 11.8 Å². The molecule has 40 heavy (non-hydrogen) atoms. The van der Waals surface area contributed by atoms with Crippen molar-refractivity contribution in [1.29, 1.82) is 5.41 Å². The van der Waals surface area contributed by atoms with Gasteiger partial charge >= 0.3 is 0 Å². The lowest BCUT2D eigenvalue weighted by atomic mass is 10.1. The number of carbonyl (C=O) groups is 1. The summed E-state index contributed by atoms with van der Waals surface area (Å²) < 4.78 is 17.6. The van der Waals surface area contributed by atoms with Gasteiger partial charge in [-0.15, -0.1) is 0 Å². The number of amidine groups is 2. The van der Waals surface area contributed by atoms with E-state index in [2.05, 4.69) is 4.99 Å². The van der Waals surface area contributed by atoms with E-state index in [1.807, 2.05) is 73.9 Å². The molecular weight excluding hydrogens is 546 g/mol. The number of hydrogen-bond acceptors (Lipinski definition) is 6. The number of carbonyl (C=O) groups excluding carboxylic acids is 1. The largest absolute Gasteiger partial charge is 0.493 e. The minimum absolute atomic E-state index is 0.0538. The predicted octanol–water partition coefficient (Wildman–Crippen LogP) is 7.20. The van der Waals surface area contributed by atoms with Crippen molar-refractivity contribution in [2.75, 3.05) is 19.8 Å². The summed E-state index contributed by atoms with van der Waals surface area (Å²) in [5.74, 6) is 1.28. The van der Waals surface area contributed by atoms with Crippen LogP contribution < -0.4 is 14.2 Å². The Morgan fingerprint density at radius 1 is 1.02 bits per heavy atom. The first kappa shape index (κ1) is 27.6. The molecule has 0 saturated heterocycles. The quantitative estimate of drug-likeness (QED) is 0.204. The summed E-state index contributed by atoms with van der Waals surface area (Å²) in [5, 5.41) is 11.6. The van der Waals surface area contributed by atoms with Crippen LogP contribution in [0.5, 0.6) is 17.2 Å². The van der Waals surface area contributed by atoms with Crippen molar-refractivity contribution in [3.63, 3.8) is 0 Å². The lowest BCUT2D eigenvalue weighted by molar-refractivity contribution is -0.114. The van der Waals surface area contributed by atoms with Gasteiger partial charge in [0.2, 0.25) is 0 Å². The number of rotatable bonds is 10. The fourth-order valence-electron chi connectivity index (χ4n) is 4.21. The summed E-state index contributed by atoms with van der Waals surface area (Å²) in [4.78, 5) is 18.8. The second kappa shape index (κ2) is 12.4. The number of ether oxygens (including phenoxy) is 3. The van der Waals surface area contributed by atoms with Gasteiger partial charge in [0.15, 0.2) is 16.7 Å². The summed E-state index contributed by atoms with van der Waals surface area (Å²) in [6.45, 7) is 5.19. The van der Waals surface area contributed by atoms with Gasteiger partial charge in [0, 0.05) is 11.8 Å². The third-order valence-corrected chi connectivity index (χ3v) is 7.26. The first-order valence-corrected chi connectivity index (χ1v) is 14.1. The van der Waals surface area contributed by atoms with Gasteiger partial charge in [0.25, 0.3) is 5.91 Å². The Hall–Kier alpha value is -4.01. The molecule has 0 atom stereocenters. The Bertz CT molecular complexity index is 1520. The van der Waals surface area contributed by atoms with Crippen molar-refractivity contribution in [2.24, 2.45) is 4.99 Å². The molecule has 0 radical (unpaired) electrons. The molecule has 1 N–H and O–H groups in total. The molecule has 9 heteroatoms. The maximum absolute atomic E-state index is 12.9. The number of thioether (sulfide) groups is 1. The standard InChI is InChI=1S/C31H28ClN3O4S/c1-3-37-27-18-21(17-25(32)28(27)39-15-7-14-38-23-12-10-20(2)11-13-23)16-24-29(33)35-26(22-8-5-4-6-9-22)19-40-31(35)34-30(24)36/h4-6,8-13,16-19,33H,3,7,14-15H2,1-2H3/b24-16-,33-29?. The van der Waals surface area contributed by atoms with Crippen LogP contribution in [0, 0.1) is 12.3 Å². The van der Waals surface area contributed by atoms with E-state index in [0.717, 1.165) is 17.0 Å². The minimum atomic E-state index is -0.477. The van der Waals surface area contributed by atoms with E-state index in [4.69, 9.17) is 31.2 Å². The Morgan fingerprint density at radius 2 is 1.77 bits per heavy atom. The average molecular weight is 574 g/mol. The van der Waals surface area contributed by atoms with E-state index in [1.54, 1.807) is 23.1 Å². The average Bonchev–Trinajstić information content (AvgIpc) is 3.37. The molecule has 204 valence electrons. The van der Waals surface area contributed by atoms with Gasteiger partial charge < -0.3 is 14.2 Å². The number of amides is 1. The fraction of sp³-hybridized carbons (Fsp3) is 0.194. The molecule has 2 aliphatic rings. The molecule has 0 spiro atoms. The molecule has 2 heterocycles. The highest BCUT2D eigenvalue weighted by molar-refractivity contribution is 8.17. The molecular formula is C31H28ClN3O4S. The van der Waals surface area contributed by atoms with Crippen molar-refractivity contribution in [3.05, 3.63) is 99.4 Å². The summed E-state index contributed by atoms with van der Waals surface area (Å²) in [7, 11) is 0. The van der Waals surface area contributed by atoms with Crippen molar-refractivity contribution in [2.45, 2.75) is 20.3 Å². The van der Waals surface area contributed by atoms with Crippen LogP contribution in [0.1, 0.15) is 30.0 Å². The summed E-state index contributed by atoms with van der Waals surface area (Å²) in [6, 6.07) is 21.1. The zero-order valence-electron chi connectivity index (χ0n) is 22.1. The van der Waals surface area contributed by atoms with Crippen molar-refractivity contribution < 1.29 is 19.0 Å². The zero-order valence-corrected chi connectivity index (χ0v) is 23.7. The second-order valence-electron chi connectivity index (χ2n) is 9.06. The molecule has 0 aromatic heterocycles. The van der Waals surface area contributed by atoms with Crippen molar-refractivity contribution in [3.8, 4) is 17.2 Å². The molecule has 3 aromatic rings. The molecule has 0 saturated carbocycles. The molecule has 0 bridgehead atoms. The fourth-order valence-corrected chi connectivity index (χ4v) is 5.38. The molecule has 2 aliphatic heterocycles. The third-order valence-electron chi connectivity index (χ3n) is 6.15. The number of nitrogens with zero attached hydrogens (tertiary/aromatic N) is 2. The number of aryl methyl sites for hydroxylation is 1. The van der Waals surface area contributed by atoms with Crippen LogP contribution in [-0.4, -0.2) is 41.6 Å². The molecule has 7 nitrogen and oxygen atoms in total. The van der Waals surface area contributed by atoms with E-state index in [-0.39, 0.29) is 11.4 Å². The summed E-state index contributed by atoms with van der Waals surface area (Å²) in [6.07, 6.45) is 2.27. The van der Waals surface area contributed by atoms with E-state index >= 15 is 0 Å². The van der Waals surface area contributed by atoms with Gasteiger partial charge in [-0.2, -0.15) is 4.99 Å². The van der Waals surface area contributed by atoms with Gasteiger partial charge in [0.05, 0.1) is 36.1 Å². The van der Waals surface area contributed by atoms with Gasteiger partial charge in [-0.1, -0.05) is 71.4 Å². The molecule has 3 aromatic carbocycles. The van der Waals surface area contributed by atoms with E-state index in [0.29, 0.717) is 53.5 Å². The van der Waals surface area contributed by atoms with E-state index < -0.39 is 5.91 Å². The van der Waals surface area contributed by atoms with Gasteiger partial charge in [0.1, 0.15) is 11.6 Å².